The van der Waals surface area contributed by atoms with Crippen molar-refractivity contribution in [2.75, 3.05) is 31.2 Å². The molecule has 2 aromatic rings. The lowest BCUT2D eigenvalue weighted by Gasteiger charge is -2.37. The van der Waals surface area contributed by atoms with Crippen LogP contribution in [-0.2, 0) is 25.9 Å². The Hall–Kier alpha value is -2.58. The van der Waals surface area contributed by atoms with Gasteiger partial charge < -0.3 is 14.2 Å². The second kappa shape index (κ2) is 10.4. The van der Waals surface area contributed by atoms with Gasteiger partial charge in [0.2, 0.25) is 0 Å². The van der Waals surface area contributed by atoms with Gasteiger partial charge in [-0.25, -0.2) is 13.2 Å². The first-order valence-corrected chi connectivity index (χ1v) is 13.4. The van der Waals surface area contributed by atoms with E-state index < -0.39 is 16.0 Å². The number of benzene rings is 2. The quantitative estimate of drug-likeness (QED) is 0.535. The first-order valence-electron chi connectivity index (χ1n) is 11.9. The molecule has 2 heterocycles. The molecule has 0 aliphatic carbocycles. The van der Waals surface area contributed by atoms with E-state index in [9.17, 15) is 13.2 Å². The molecule has 1 saturated heterocycles. The van der Waals surface area contributed by atoms with Crippen molar-refractivity contribution < 1.29 is 27.4 Å². The zero-order chi connectivity index (χ0) is 24.3. The molecule has 4 rings (SSSR count). The number of fused-ring (bicyclic) bond motifs is 1. The predicted octanol–water partition coefficient (Wildman–Crippen LogP) is 4.51. The van der Waals surface area contributed by atoms with Crippen molar-refractivity contribution in [3.8, 4) is 5.75 Å². The minimum Gasteiger partial charge on any atom is -0.492 e. The summed E-state index contributed by atoms with van der Waals surface area (Å²) in [6, 6.07) is 10.2. The third-order valence-corrected chi connectivity index (χ3v) is 8.61. The van der Waals surface area contributed by atoms with Crippen LogP contribution in [0.4, 0.5) is 5.69 Å². The molecule has 0 spiro atoms. The van der Waals surface area contributed by atoms with E-state index >= 15 is 0 Å². The summed E-state index contributed by atoms with van der Waals surface area (Å²) in [6.07, 6.45) is 4.08. The van der Waals surface area contributed by atoms with E-state index in [4.69, 9.17) is 14.2 Å². The first-order chi connectivity index (χ1) is 16.3. The van der Waals surface area contributed by atoms with Gasteiger partial charge in [-0.2, -0.15) is 0 Å². The normalized spacial score (nSPS) is 18.9. The van der Waals surface area contributed by atoms with Gasteiger partial charge in [0.1, 0.15) is 11.3 Å². The van der Waals surface area contributed by atoms with Crippen molar-refractivity contribution in [2.24, 2.45) is 5.92 Å². The topological polar surface area (TPSA) is 82.1 Å². The molecule has 2 aromatic carbocycles. The summed E-state index contributed by atoms with van der Waals surface area (Å²) in [4.78, 5) is 12.6. The van der Waals surface area contributed by atoms with Crippen LogP contribution in [0.1, 0.15) is 54.1 Å². The largest absolute Gasteiger partial charge is 0.492 e. The van der Waals surface area contributed by atoms with Gasteiger partial charge >= 0.3 is 5.97 Å². The number of ether oxygens (including phenoxy) is 3. The monoisotopic (exact) mass is 487 g/mol. The van der Waals surface area contributed by atoms with Crippen LogP contribution in [0.2, 0.25) is 0 Å². The van der Waals surface area contributed by atoms with Gasteiger partial charge in [0, 0.05) is 19.3 Å². The summed E-state index contributed by atoms with van der Waals surface area (Å²) < 4.78 is 45.6. The van der Waals surface area contributed by atoms with E-state index in [0.717, 1.165) is 36.8 Å². The molecule has 0 unspecified atom stereocenters. The third-order valence-electron chi connectivity index (χ3n) is 6.75. The second-order valence-electron chi connectivity index (χ2n) is 9.05. The van der Waals surface area contributed by atoms with E-state index in [2.05, 4.69) is 6.07 Å². The second-order valence-corrected chi connectivity index (χ2v) is 10.9. The number of methoxy groups -OCH3 is 1. The van der Waals surface area contributed by atoms with Gasteiger partial charge in [-0.3, -0.25) is 4.31 Å². The lowest BCUT2D eigenvalue weighted by atomic mass is 9.95. The number of nitrogens with zero attached hydrogens (tertiary/aromatic N) is 1. The predicted molar refractivity (Wildman–Crippen MR) is 130 cm³/mol. The Morgan fingerprint density at radius 1 is 1.12 bits per heavy atom. The number of hydrogen-bond acceptors (Lipinski definition) is 6. The highest BCUT2D eigenvalue weighted by atomic mass is 32.2. The van der Waals surface area contributed by atoms with Crippen LogP contribution in [0.15, 0.2) is 41.3 Å². The number of carbonyl (C=O) groups is 1. The molecular weight excluding hydrogens is 454 g/mol. The van der Waals surface area contributed by atoms with Crippen LogP contribution in [-0.4, -0.2) is 47.4 Å². The molecule has 0 amide bonds. The van der Waals surface area contributed by atoms with E-state index in [-0.39, 0.29) is 16.5 Å². The molecule has 184 valence electrons. The number of anilines is 1. The van der Waals surface area contributed by atoms with Crippen LogP contribution in [0.25, 0.3) is 0 Å². The van der Waals surface area contributed by atoms with Crippen LogP contribution in [0, 0.1) is 12.8 Å². The Kier molecular flexibility index (Phi) is 7.48. The van der Waals surface area contributed by atoms with E-state index in [1.54, 1.807) is 6.07 Å². The van der Waals surface area contributed by atoms with E-state index in [0.29, 0.717) is 43.6 Å². The van der Waals surface area contributed by atoms with Crippen LogP contribution < -0.4 is 9.04 Å². The average molecular weight is 488 g/mol. The lowest BCUT2D eigenvalue weighted by Crippen LogP contribution is -2.43. The minimum atomic E-state index is -3.91. The summed E-state index contributed by atoms with van der Waals surface area (Å²) in [6.45, 7) is 5.84. The Balaban J connectivity index is 1.69. The molecule has 34 heavy (non-hydrogen) atoms. The molecule has 0 N–H and O–H groups in total. The van der Waals surface area contributed by atoms with E-state index in [1.165, 1.54) is 23.5 Å². The summed E-state index contributed by atoms with van der Waals surface area (Å²) in [7, 11) is -2.63. The van der Waals surface area contributed by atoms with Crippen molar-refractivity contribution in [1.29, 1.82) is 0 Å². The fourth-order valence-corrected chi connectivity index (χ4v) is 6.58. The minimum absolute atomic E-state index is 0.0539. The summed E-state index contributed by atoms with van der Waals surface area (Å²) in [5.41, 5.74) is 2.95. The highest BCUT2D eigenvalue weighted by Crippen LogP contribution is 2.38. The molecule has 2 aliphatic heterocycles. The van der Waals surface area contributed by atoms with Crippen molar-refractivity contribution in [2.45, 2.75) is 56.9 Å². The smallest absolute Gasteiger partial charge is 0.341 e. The molecule has 1 fully saturated rings. The van der Waals surface area contributed by atoms with Crippen molar-refractivity contribution in [3.05, 3.63) is 53.1 Å². The molecule has 7 nitrogen and oxygen atoms in total. The standard InChI is InChI=1S/C26H33NO6S/c1-4-21-7-6-20-15-18(2)5-9-24(20)27(21)34(29,30)22-8-10-25(23(16-22)26(28)31-3)33-17-19-11-13-32-14-12-19/h5,8-10,15-16,19,21H,4,6-7,11-14,17H2,1-3H3/t21-/m0/s1. The Labute approximate surface area is 202 Å². The summed E-state index contributed by atoms with van der Waals surface area (Å²) in [5, 5.41) is 0. The van der Waals surface area contributed by atoms with Crippen LogP contribution in [0.3, 0.4) is 0 Å². The average Bonchev–Trinajstić information content (AvgIpc) is 2.86. The van der Waals surface area contributed by atoms with Crippen LogP contribution in [0.5, 0.6) is 5.75 Å². The maximum Gasteiger partial charge on any atom is 0.341 e. The SMILES string of the molecule is CC[C@H]1CCc2cc(C)ccc2N1S(=O)(=O)c1ccc(OCC2CCOCC2)c(C(=O)OC)c1. The fourth-order valence-electron chi connectivity index (χ4n) is 4.76. The molecule has 8 heteroatoms. The lowest BCUT2D eigenvalue weighted by molar-refractivity contribution is 0.0483. The molecular formula is C26H33NO6S. The number of sulfonamides is 1. The molecule has 0 saturated carbocycles. The highest BCUT2D eigenvalue weighted by molar-refractivity contribution is 7.92. The fraction of sp³-hybridized carbons (Fsp3) is 0.500. The maximum atomic E-state index is 13.9. The number of aryl methyl sites for hydroxylation is 2. The van der Waals surface area contributed by atoms with Gasteiger partial charge in [0.05, 0.1) is 24.3 Å². The summed E-state index contributed by atoms with van der Waals surface area (Å²) >= 11 is 0. The molecule has 2 aliphatic rings. The zero-order valence-corrected chi connectivity index (χ0v) is 20.9. The Bertz CT molecular complexity index is 1140. The van der Waals surface area contributed by atoms with Crippen molar-refractivity contribution in [3.63, 3.8) is 0 Å². The van der Waals surface area contributed by atoms with Gasteiger partial charge in [-0.15, -0.1) is 0 Å². The Morgan fingerprint density at radius 3 is 2.59 bits per heavy atom. The van der Waals surface area contributed by atoms with Crippen molar-refractivity contribution >= 4 is 21.7 Å². The summed E-state index contributed by atoms with van der Waals surface area (Å²) in [5.74, 6) is 0.0426. The molecule has 1 atom stereocenters. The number of hydrogen-bond donors (Lipinski definition) is 0. The van der Waals surface area contributed by atoms with Gasteiger partial charge in [0.15, 0.2) is 0 Å². The van der Waals surface area contributed by atoms with Gasteiger partial charge in [0.25, 0.3) is 10.0 Å². The van der Waals surface area contributed by atoms with Gasteiger partial charge in [-0.05, 0) is 74.8 Å². The first kappa shape index (κ1) is 24.5. The van der Waals surface area contributed by atoms with E-state index in [1.807, 2.05) is 26.0 Å². The molecule has 0 bridgehead atoms. The number of rotatable bonds is 7. The molecule has 0 aromatic heterocycles. The number of esters is 1. The third kappa shape index (κ3) is 4.93. The number of carbonyl (C=O) groups excluding carboxylic acids is 1. The zero-order valence-electron chi connectivity index (χ0n) is 20.1. The molecule has 0 radical (unpaired) electrons. The Morgan fingerprint density at radius 2 is 1.88 bits per heavy atom. The van der Waals surface area contributed by atoms with Crippen LogP contribution >= 0.6 is 0 Å². The van der Waals surface area contributed by atoms with Gasteiger partial charge in [-0.1, -0.05) is 24.6 Å². The highest BCUT2D eigenvalue weighted by Gasteiger charge is 2.36. The maximum absolute atomic E-state index is 13.9. The van der Waals surface area contributed by atoms with Crippen molar-refractivity contribution in [1.82, 2.24) is 0 Å².